The van der Waals surface area contributed by atoms with Gasteiger partial charge in [-0.25, -0.2) is 4.79 Å². The van der Waals surface area contributed by atoms with E-state index < -0.39 is 6.23 Å². The standard InChI is InChI=1S/C18H17NO4/c1-21-15-9-8-12(11-16(15)22-2)10-14-18(20)23-17(19-14)13-6-4-3-5-7-13/h3-11,17,19H,1-2H3/b14-10-/t17-/m1/s1. The Balaban J connectivity index is 1.84. The maximum atomic E-state index is 12.0. The van der Waals surface area contributed by atoms with Crippen LogP contribution in [0.25, 0.3) is 6.08 Å². The summed E-state index contributed by atoms with van der Waals surface area (Å²) in [6, 6.07) is 15.0. The number of nitrogens with one attached hydrogen (secondary N) is 1. The van der Waals surface area contributed by atoms with E-state index >= 15 is 0 Å². The van der Waals surface area contributed by atoms with Crippen LogP contribution in [-0.4, -0.2) is 20.2 Å². The van der Waals surface area contributed by atoms with Crippen molar-refractivity contribution in [3.8, 4) is 11.5 Å². The zero-order valence-electron chi connectivity index (χ0n) is 12.9. The number of carbonyl (C=O) groups excluding carboxylic acids is 1. The van der Waals surface area contributed by atoms with E-state index in [1.807, 2.05) is 36.4 Å². The van der Waals surface area contributed by atoms with Crippen molar-refractivity contribution in [2.45, 2.75) is 6.23 Å². The highest BCUT2D eigenvalue weighted by Crippen LogP contribution is 2.30. The molecule has 0 aliphatic carbocycles. The number of ether oxygens (including phenoxy) is 3. The Morgan fingerprint density at radius 3 is 2.48 bits per heavy atom. The molecule has 2 aromatic rings. The molecule has 1 aliphatic heterocycles. The summed E-state index contributed by atoms with van der Waals surface area (Å²) in [5, 5.41) is 3.09. The zero-order chi connectivity index (χ0) is 16.2. The smallest absolute Gasteiger partial charge is 0.356 e. The lowest BCUT2D eigenvalue weighted by atomic mass is 10.1. The number of rotatable bonds is 4. The van der Waals surface area contributed by atoms with Gasteiger partial charge in [-0.3, -0.25) is 0 Å². The van der Waals surface area contributed by atoms with Gasteiger partial charge >= 0.3 is 5.97 Å². The molecule has 118 valence electrons. The summed E-state index contributed by atoms with van der Waals surface area (Å²) in [6.07, 6.45) is 1.27. The molecule has 5 heteroatoms. The summed E-state index contributed by atoms with van der Waals surface area (Å²) in [5.41, 5.74) is 2.12. The van der Waals surface area contributed by atoms with Gasteiger partial charge in [0.25, 0.3) is 0 Å². The van der Waals surface area contributed by atoms with E-state index in [0.717, 1.165) is 11.1 Å². The largest absolute Gasteiger partial charge is 0.493 e. The molecule has 0 unspecified atom stereocenters. The first-order valence-corrected chi connectivity index (χ1v) is 7.17. The van der Waals surface area contributed by atoms with Crippen molar-refractivity contribution >= 4 is 12.0 Å². The molecule has 0 amide bonds. The number of hydrogen-bond acceptors (Lipinski definition) is 5. The second-order valence-corrected chi connectivity index (χ2v) is 5.01. The van der Waals surface area contributed by atoms with Gasteiger partial charge in [-0.2, -0.15) is 0 Å². The molecule has 0 aromatic heterocycles. The van der Waals surface area contributed by atoms with Crippen molar-refractivity contribution < 1.29 is 19.0 Å². The molecule has 5 nitrogen and oxygen atoms in total. The molecule has 1 atom stereocenters. The van der Waals surface area contributed by atoms with E-state index in [1.54, 1.807) is 32.4 Å². The molecule has 23 heavy (non-hydrogen) atoms. The molecule has 1 N–H and O–H groups in total. The van der Waals surface area contributed by atoms with Crippen LogP contribution in [-0.2, 0) is 9.53 Å². The highest BCUT2D eigenvalue weighted by atomic mass is 16.6. The fourth-order valence-corrected chi connectivity index (χ4v) is 2.39. The van der Waals surface area contributed by atoms with Gasteiger partial charge in [0.05, 0.1) is 14.2 Å². The molecule has 1 heterocycles. The Morgan fingerprint density at radius 1 is 1.04 bits per heavy atom. The highest BCUT2D eigenvalue weighted by molar-refractivity contribution is 5.95. The van der Waals surface area contributed by atoms with E-state index in [0.29, 0.717) is 17.2 Å². The van der Waals surface area contributed by atoms with E-state index in [2.05, 4.69) is 5.32 Å². The minimum atomic E-state index is -0.463. The molecule has 0 saturated carbocycles. The van der Waals surface area contributed by atoms with Gasteiger partial charge in [0.15, 0.2) is 17.7 Å². The molecule has 1 aliphatic rings. The quantitative estimate of drug-likeness (QED) is 0.695. The summed E-state index contributed by atoms with van der Waals surface area (Å²) in [5.74, 6) is 0.861. The molecule has 0 radical (unpaired) electrons. The number of cyclic esters (lactones) is 1. The normalized spacial score (nSPS) is 18.4. The molecule has 2 aromatic carbocycles. The van der Waals surface area contributed by atoms with Crippen LogP contribution in [0.5, 0.6) is 11.5 Å². The van der Waals surface area contributed by atoms with Gasteiger partial charge in [-0.05, 0) is 23.8 Å². The summed E-state index contributed by atoms with van der Waals surface area (Å²) in [4.78, 5) is 12.0. The van der Waals surface area contributed by atoms with Gasteiger partial charge in [0.1, 0.15) is 5.70 Å². The van der Waals surface area contributed by atoms with E-state index in [-0.39, 0.29) is 5.97 Å². The maximum absolute atomic E-state index is 12.0. The van der Waals surface area contributed by atoms with Gasteiger partial charge < -0.3 is 19.5 Å². The maximum Gasteiger partial charge on any atom is 0.356 e. The van der Waals surface area contributed by atoms with E-state index in [1.165, 1.54) is 0 Å². The Morgan fingerprint density at radius 2 is 1.78 bits per heavy atom. The average molecular weight is 311 g/mol. The third-order valence-electron chi connectivity index (χ3n) is 3.55. The third-order valence-corrected chi connectivity index (χ3v) is 3.55. The third kappa shape index (κ3) is 3.13. The molecule has 0 bridgehead atoms. The van der Waals surface area contributed by atoms with Crippen LogP contribution in [0.15, 0.2) is 54.2 Å². The van der Waals surface area contributed by atoms with Crippen LogP contribution in [0.2, 0.25) is 0 Å². The lowest BCUT2D eigenvalue weighted by molar-refractivity contribution is -0.139. The second-order valence-electron chi connectivity index (χ2n) is 5.01. The SMILES string of the molecule is COc1ccc(/C=C2\N[C@@H](c3ccccc3)OC2=O)cc1OC. The van der Waals surface area contributed by atoms with Crippen molar-refractivity contribution in [3.63, 3.8) is 0 Å². The second kappa shape index (κ2) is 6.44. The van der Waals surface area contributed by atoms with Crippen LogP contribution in [0.1, 0.15) is 17.4 Å². The van der Waals surface area contributed by atoms with Crippen molar-refractivity contribution in [2.24, 2.45) is 0 Å². The predicted molar refractivity (Wildman–Crippen MR) is 85.9 cm³/mol. The Bertz CT molecular complexity index is 740. The molecule has 1 fully saturated rings. The van der Waals surface area contributed by atoms with E-state index in [9.17, 15) is 4.79 Å². The number of benzene rings is 2. The van der Waals surface area contributed by atoms with Crippen molar-refractivity contribution in [1.82, 2.24) is 5.32 Å². The molecular formula is C18H17NO4. The number of carbonyl (C=O) groups is 1. The van der Waals surface area contributed by atoms with Crippen LogP contribution in [0.4, 0.5) is 0 Å². The topological polar surface area (TPSA) is 56.8 Å². The molecule has 3 rings (SSSR count). The van der Waals surface area contributed by atoms with Crippen molar-refractivity contribution in [1.29, 1.82) is 0 Å². The predicted octanol–water partition coefficient (Wildman–Crippen LogP) is 2.89. The van der Waals surface area contributed by atoms with Gasteiger partial charge in [0.2, 0.25) is 0 Å². The van der Waals surface area contributed by atoms with Crippen LogP contribution in [0, 0.1) is 0 Å². The monoisotopic (exact) mass is 311 g/mol. The summed E-state index contributed by atoms with van der Waals surface area (Å²) in [7, 11) is 3.15. The number of methoxy groups -OCH3 is 2. The van der Waals surface area contributed by atoms with Gasteiger partial charge in [-0.15, -0.1) is 0 Å². The lowest BCUT2D eigenvalue weighted by Crippen LogP contribution is -2.12. The number of hydrogen-bond donors (Lipinski definition) is 1. The Labute approximate surface area is 134 Å². The van der Waals surface area contributed by atoms with Crippen LogP contribution >= 0.6 is 0 Å². The van der Waals surface area contributed by atoms with Gasteiger partial charge in [-0.1, -0.05) is 36.4 Å². The lowest BCUT2D eigenvalue weighted by Gasteiger charge is -2.09. The highest BCUT2D eigenvalue weighted by Gasteiger charge is 2.28. The summed E-state index contributed by atoms with van der Waals surface area (Å²) >= 11 is 0. The first kappa shape index (κ1) is 15.0. The van der Waals surface area contributed by atoms with Crippen molar-refractivity contribution in [2.75, 3.05) is 14.2 Å². The van der Waals surface area contributed by atoms with Crippen LogP contribution in [0.3, 0.4) is 0 Å². The summed E-state index contributed by atoms with van der Waals surface area (Å²) in [6.45, 7) is 0. The fourth-order valence-electron chi connectivity index (χ4n) is 2.39. The molecule has 0 spiro atoms. The molecular weight excluding hydrogens is 294 g/mol. The van der Waals surface area contributed by atoms with Crippen LogP contribution < -0.4 is 14.8 Å². The Hall–Kier alpha value is -2.95. The minimum Gasteiger partial charge on any atom is -0.493 e. The first-order valence-electron chi connectivity index (χ1n) is 7.17. The molecule has 1 saturated heterocycles. The zero-order valence-corrected chi connectivity index (χ0v) is 12.9. The Kier molecular flexibility index (Phi) is 4.19. The summed E-state index contributed by atoms with van der Waals surface area (Å²) < 4.78 is 15.8. The van der Waals surface area contributed by atoms with E-state index in [4.69, 9.17) is 14.2 Å². The van der Waals surface area contributed by atoms with Crippen molar-refractivity contribution in [3.05, 3.63) is 65.4 Å². The number of esters is 1. The fraction of sp³-hybridized carbons (Fsp3) is 0.167. The minimum absolute atomic E-state index is 0.381. The first-order chi connectivity index (χ1) is 11.2. The van der Waals surface area contributed by atoms with Gasteiger partial charge in [0, 0.05) is 5.56 Å². The average Bonchev–Trinajstić information content (AvgIpc) is 2.96.